The molecule has 0 radical (unpaired) electrons. The van der Waals surface area contributed by atoms with Gasteiger partial charge in [-0.15, -0.1) is 0 Å². The fraction of sp³-hybridized carbons (Fsp3) is 0.926. The van der Waals surface area contributed by atoms with Crippen molar-refractivity contribution in [3.63, 3.8) is 0 Å². The van der Waals surface area contributed by atoms with Gasteiger partial charge in [-0.3, -0.25) is 19.2 Å². The van der Waals surface area contributed by atoms with E-state index >= 15 is 0 Å². The van der Waals surface area contributed by atoms with E-state index in [1.807, 2.05) is 0 Å². The third-order valence-electron chi connectivity index (χ3n) is 22.4. The number of aliphatic hydroxyl groups is 27. The fourth-order valence-corrected chi connectivity index (χ4v) is 15.9. The molecule has 716 valence electrons. The summed E-state index contributed by atoms with van der Waals surface area (Å²) in [5.74, 6) is -5.54. The number of carboxylic acid groups (broad SMARTS) is 1. The highest BCUT2D eigenvalue weighted by molar-refractivity contribution is 5.75. The number of aliphatic hydroxyl groups excluding tert-OH is 27. The Morgan fingerprint density at radius 2 is 0.484 bits per heavy atom. The summed E-state index contributed by atoms with van der Waals surface area (Å²) in [7, 11) is 0. The first-order valence-corrected chi connectivity index (χ1v) is 39.1. The van der Waals surface area contributed by atoms with Crippen LogP contribution in [0.3, 0.4) is 0 Å². The van der Waals surface area contributed by atoms with Gasteiger partial charge in [0.15, 0.2) is 69.0 Å². The molecule has 50 atom stereocenters. The number of aliphatic carboxylic acids is 1. The van der Waals surface area contributed by atoms with Crippen LogP contribution in [-0.4, -0.2) is 539 Å². The van der Waals surface area contributed by atoms with E-state index < -0.39 is 396 Å². The number of carboxylic acids is 1. The van der Waals surface area contributed by atoms with Crippen LogP contribution in [0.25, 0.3) is 0 Å². The van der Waals surface area contributed by atoms with Crippen LogP contribution in [0.4, 0.5) is 0 Å². The quantitative estimate of drug-likeness (QED) is 0.0297. The van der Waals surface area contributed by atoms with Gasteiger partial charge >= 0.3 is 5.97 Å². The average molecular weight is 1820 g/mol. The van der Waals surface area contributed by atoms with Crippen molar-refractivity contribution in [2.75, 3.05) is 59.5 Å². The molecular weight excluding hydrogens is 1700 g/mol. The molecular formula is C68H112N4O52. The smallest absolute Gasteiger partial charge is 0.335 e. The van der Waals surface area contributed by atoms with Gasteiger partial charge in [0, 0.05) is 27.7 Å². The second-order valence-corrected chi connectivity index (χ2v) is 31.0. The van der Waals surface area contributed by atoms with Gasteiger partial charge in [-0.2, -0.15) is 0 Å². The summed E-state index contributed by atoms with van der Waals surface area (Å²) >= 11 is 0. The Morgan fingerprint density at radius 3 is 0.863 bits per heavy atom. The Hall–Kier alpha value is -4.49. The molecule has 10 rings (SSSR count). The molecule has 32 N–H and O–H groups in total. The molecule has 0 aliphatic carbocycles. The lowest BCUT2D eigenvalue weighted by atomic mass is 9.93. The number of carbonyl (C=O) groups is 5. The normalized spacial score (nSPS) is 49.1. The van der Waals surface area contributed by atoms with E-state index in [9.17, 15) is 167 Å². The third-order valence-corrected chi connectivity index (χ3v) is 22.4. The number of rotatable bonds is 32. The Labute approximate surface area is 700 Å². The molecule has 4 amide bonds. The molecule has 56 nitrogen and oxygen atoms in total. The van der Waals surface area contributed by atoms with E-state index in [-0.39, 0.29) is 0 Å². The number of hydrogen-bond acceptors (Lipinski definition) is 51. The van der Waals surface area contributed by atoms with E-state index in [1.54, 1.807) is 0 Å². The predicted molar refractivity (Wildman–Crippen MR) is 377 cm³/mol. The molecule has 0 aromatic carbocycles. The molecule has 0 aromatic rings. The molecule has 124 heavy (non-hydrogen) atoms. The van der Waals surface area contributed by atoms with Crippen LogP contribution in [0.2, 0.25) is 0 Å². The van der Waals surface area contributed by atoms with Gasteiger partial charge < -0.3 is 254 Å². The lowest BCUT2D eigenvalue weighted by Crippen LogP contribution is -2.71. The van der Waals surface area contributed by atoms with Crippen LogP contribution < -0.4 is 21.3 Å². The summed E-state index contributed by atoms with van der Waals surface area (Å²) in [6.07, 6.45) is -98.3. The highest BCUT2D eigenvalue weighted by atomic mass is 16.8. The van der Waals surface area contributed by atoms with Gasteiger partial charge in [0.1, 0.15) is 238 Å². The van der Waals surface area contributed by atoms with E-state index in [4.69, 9.17) is 90.0 Å². The monoisotopic (exact) mass is 1820 g/mol. The number of carbonyl (C=O) groups excluding carboxylic acids is 4. The van der Waals surface area contributed by atoms with Crippen LogP contribution in [0, 0.1) is 0 Å². The Kier molecular flexibility index (Phi) is 36.2. The van der Waals surface area contributed by atoms with E-state index in [0.29, 0.717) is 0 Å². The molecule has 0 bridgehead atoms. The zero-order chi connectivity index (χ0) is 91.4. The maximum atomic E-state index is 13.0. The van der Waals surface area contributed by atoms with E-state index in [0.717, 1.165) is 27.7 Å². The minimum absolute atomic E-state index is 0.798. The molecule has 10 aliphatic heterocycles. The molecule has 0 spiro atoms. The Morgan fingerprint density at radius 1 is 0.234 bits per heavy atom. The molecule has 56 heteroatoms. The zero-order valence-electron chi connectivity index (χ0n) is 66.1. The van der Waals surface area contributed by atoms with Gasteiger partial charge in [-0.05, 0) is 0 Å². The topological polar surface area (TPSA) is 875 Å². The van der Waals surface area contributed by atoms with Crippen LogP contribution in [0.15, 0.2) is 0 Å². The van der Waals surface area contributed by atoms with Crippen LogP contribution in [0.5, 0.6) is 0 Å². The maximum absolute atomic E-state index is 13.0. The van der Waals surface area contributed by atoms with Crippen molar-refractivity contribution in [3.05, 3.63) is 0 Å². The molecule has 0 unspecified atom stereocenters. The van der Waals surface area contributed by atoms with Crippen molar-refractivity contribution < 1.29 is 257 Å². The van der Waals surface area contributed by atoms with E-state index in [2.05, 4.69) is 21.3 Å². The van der Waals surface area contributed by atoms with Crippen molar-refractivity contribution in [1.82, 2.24) is 21.3 Å². The van der Waals surface area contributed by atoms with Gasteiger partial charge in [-0.25, -0.2) is 4.79 Å². The van der Waals surface area contributed by atoms with Crippen molar-refractivity contribution in [1.29, 1.82) is 0 Å². The summed E-state index contributed by atoms with van der Waals surface area (Å²) in [4.78, 5) is 62.8. The summed E-state index contributed by atoms with van der Waals surface area (Å²) in [6, 6.07) is -7.49. The van der Waals surface area contributed by atoms with Gasteiger partial charge in [0.05, 0.1) is 59.5 Å². The van der Waals surface area contributed by atoms with Crippen LogP contribution in [-0.2, 0) is 114 Å². The SMILES string of the molecule is CC(=O)N[C@@H]1[C@@H](O)[C@H](O[C@@H]2O[C@H](CO)[C@@H](O[C@@H]3O[C@H](CO[C@H]4O[C@H](CO)[C@@H](O)[C@H](O)[C@@H]4O[C@@H]4O[C@H](CO)[C@@H](O[C@@H]5O[C@H](CO)[C@H](O)[C@H](O)[C@H]5O)[C@H](O)[C@H]4NC(C)=O)[C@@H](O)[C@H](O[C@H]4O[C@H](CO)[C@@H](O[C@@H]5O[C@H](CO)[C@@H](O[C@@H]6O[C@H](CO)[C@H](O)[C@H](O[C@@H]7O[C@H](C(=O)O)[C@@H](O)[C@H](O)[C@H]7O)[C@H]6O)[C@H](O)[C@H]5NC(C)=O)[C@H](O)[C@@H]4O)[C@@H]3O)[C@H](O)[C@H]2NC(C)=O)[C@@H](CO)O[C@H]1O. The summed E-state index contributed by atoms with van der Waals surface area (Å²) in [5.41, 5.74) is 0. The van der Waals surface area contributed by atoms with Gasteiger partial charge in [0.25, 0.3) is 0 Å². The number of ether oxygens (including phenoxy) is 19. The van der Waals surface area contributed by atoms with Crippen LogP contribution >= 0.6 is 0 Å². The zero-order valence-corrected chi connectivity index (χ0v) is 66.1. The fourth-order valence-electron chi connectivity index (χ4n) is 15.9. The summed E-state index contributed by atoms with van der Waals surface area (Å²) in [5, 5.41) is 320. The van der Waals surface area contributed by atoms with Crippen molar-refractivity contribution in [3.8, 4) is 0 Å². The minimum Gasteiger partial charge on any atom is -0.479 e. The summed E-state index contributed by atoms with van der Waals surface area (Å²) < 4.78 is 111. The van der Waals surface area contributed by atoms with Crippen molar-refractivity contribution in [2.45, 2.75) is 335 Å². The number of nitrogens with one attached hydrogen (secondary N) is 4. The van der Waals surface area contributed by atoms with Gasteiger partial charge in [0.2, 0.25) is 23.6 Å². The lowest BCUT2D eigenvalue weighted by Gasteiger charge is -2.51. The highest BCUT2D eigenvalue weighted by Gasteiger charge is 2.62. The maximum Gasteiger partial charge on any atom is 0.335 e. The van der Waals surface area contributed by atoms with E-state index in [1.165, 1.54) is 0 Å². The standard InChI is InChI=1S/C68H112N4O52/c1-14(81)69-27-35(89)49(21(8-76)107-59(27)105)116-60-28(70-15(2)82)36(90)52(24(11-79)111-60)120-67-48(102)55(34(88)26(115-67)13-106-68-57(41(95)32(86)19(6-74)110-68)124-62-30(72-17(4)84)38(92)50(22(9-77)113-62)118-63-44(98)39(93)31(85)18(5-73)108-63)121-64-46(100)43(97)53(25(12-80)114-64)117-61-29(71-16(3)83)37(91)51(23(10-78)112-61)119-66-47(101)54(33(87)20(7-75)109-66)122-65-45(99)40(94)42(96)56(123-65)58(103)104/h18-57,59-68,73-80,85-102,105H,5-13H2,1-4H3,(H,69,81)(H,70,82)(H,71,83)(H,72,84)(H,103,104)/t18-,19-,20-,21-,22-,23-,24-,25-,26-,27-,28-,29-,30-,31+,32-,33+,34-,35-,36-,37-,38-,39+,40+,41+,42+,43-,44-,45-,46+,47-,48+,49-,50-,51-,52-,53-,54+,55+,56+,57+,59-,60+,61+,62+,63+,64-,65-,66+,67+,68+/m1/s1. The van der Waals surface area contributed by atoms with Crippen molar-refractivity contribution in [2.24, 2.45) is 0 Å². The minimum atomic E-state index is -2.57. The molecule has 10 saturated heterocycles. The van der Waals surface area contributed by atoms with Crippen molar-refractivity contribution >= 4 is 29.6 Å². The largest absolute Gasteiger partial charge is 0.479 e. The van der Waals surface area contributed by atoms with Gasteiger partial charge in [-0.1, -0.05) is 0 Å². The molecule has 10 heterocycles. The second-order valence-electron chi connectivity index (χ2n) is 31.0. The molecule has 0 aromatic heterocycles. The van der Waals surface area contributed by atoms with Crippen LogP contribution in [0.1, 0.15) is 27.7 Å². The molecule has 0 saturated carbocycles. The first kappa shape index (κ1) is 102. The second kappa shape index (κ2) is 44.2. The first-order chi connectivity index (χ1) is 58.6. The molecule has 10 aliphatic rings. The Balaban J connectivity index is 0.922. The first-order valence-electron chi connectivity index (χ1n) is 39.1. The lowest BCUT2D eigenvalue weighted by molar-refractivity contribution is -0.395. The summed E-state index contributed by atoms with van der Waals surface area (Å²) in [6.45, 7) is -6.46. The number of hydrogen-bond donors (Lipinski definition) is 32. The third kappa shape index (κ3) is 22.1. The predicted octanol–water partition coefficient (Wildman–Crippen LogP) is -22.1. The highest BCUT2D eigenvalue weighted by Crippen LogP contribution is 2.41. The molecule has 10 fully saturated rings. The average Bonchev–Trinajstić information content (AvgIpc) is 0.767. The number of amides is 4. The Bertz CT molecular complexity index is 3400.